The maximum atomic E-state index is 4.62. The van der Waals surface area contributed by atoms with Gasteiger partial charge in [-0.3, -0.25) is 4.40 Å². The Morgan fingerprint density at radius 1 is 1.30 bits per heavy atom. The Labute approximate surface area is 125 Å². The summed E-state index contributed by atoms with van der Waals surface area (Å²) >= 11 is 1.76. The van der Waals surface area contributed by atoms with E-state index in [-0.39, 0.29) is 0 Å². The molecule has 0 bridgehead atoms. The van der Waals surface area contributed by atoms with Gasteiger partial charge in [0, 0.05) is 30.7 Å². The number of fused-ring (bicyclic) bond motifs is 1. The normalized spacial score (nSPS) is 11.8. The van der Waals surface area contributed by atoms with Gasteiger partial charge in [0.15, 0.2) is 4.96 Å². The highest BCUT2D eigenvalue weighted by molar-refractivity contribution is 7.17. The molecule has 0 spiro atoms. The molecule has 0 amide bonds. The summed E-state index contributed by atoms with van der Waals surface area (Å²) in [4.78, 5) is 9.53. The summed E-state index contributed by atoms with van der Waals surface area (Å²) in [5, 5.41) is 3.56. The van der Waals surface area contributed by atoms with Gasteiger partial charge in [0.2, 0.25) is 0 Å². The Hall–Kier alpha value is -0.910. The van der Waals surface area contributed by atoms with Crippen LogP contribution in [0.2, 0.25) is 0 Å². The standard InChI is InChI=1S/C15H26N4S/c1-5-8-18(6-2)9-7-16-10-14-13(4)17-15-19(14)11-12(3)20-15/h11,16H,5-10H2,1-4H3. The minimum atomic E-state index is 0.896. The molecule has 0 fully saturated rings. The molecule has 0 aliphatic rings. The van der Waals surface area contributed by atoms with Crippen molar-refractivity contribution in [3.63, 3.8) is 0 Å². The topological polar surface area (TPSA) is 32.6 Å². The molecule has 112 valence electrons. The van der Waals surface area contributed by atoms with Gasteiger partial charge >= 0.3 is 0 Å². The van der Waals surface area contributed by atoms with E-state index in [2.05, 4.69) is 53.5 Å². The summed E-state index contributed by atoms with van der Waals surface area (Å²) < 4.78 is 2.23. The van der Waals surface area contributed by atoms with Crippen LogP contribution in [0, 0.1) is 13.8 Å². The molecule has 0 atom stereocenters. The molecule has 0 aromatic carbocycles. The third kappa shape index (κ3) is 3.59. The van der Waals surface area contributed by atoms with E-state index in [1.54, 1.807) is 11.3 Å². The number of hydrogen-bond acceptors (Lipinski definition) is 4. The minimum Gasteiger partial charge on any atom is -0.310 e. The fourth-order valence-electron chi connectivity index (χ4n) is 2.51. The molecule has 2 heterocycles. The summed E-state index contributed by atoms with van der Waals surface area (Å²) in [6, 6.07) is 0. The molecule has 0 saturated carbocycles. The maximum Gasteiger partial charge on any atom is 0.194 e. The molecule has 20 heavy (non-hydrogen) atoms. The van der Waals surface area contributed by atoms with E-state index >= 15 is 0 Å². The van der Waals surface area contributed by atoms with Gasteiger partial charge in [0.05, 0.1) is 11.4 Å². The molecule has 0 saturated heterocycles. The lowest BCUT2D eigenvalue weighted by molar-refractivity contribution is 0.287. The van der Waals surface area contributed by atoms with E-state index in [4.69, 9.17) is 0 Å². The van der Waals surface area contributed by atoms with Crippen LogP contribution < -0.4 is 5.32 Å². The van der Waals surface area contributed by atoms with Crippen molar-refractivity contribution in [3.8, 4) is 0 Å². The summed E-state index contributed by atoms with van der Waals surface area (Å²) in [7, 11) is 0. The number of aryl methyl sites for hydroxylation is 2. The van der Waals surface area contributed by atoms with Crippen LogP contribution >= 0.6 is 11.3 Å². The van der Waals surface area contributed by atoms with Crippen LogP contribution in [0.3, 0.4) is 0 Å². The first-order chi connectivity index (χ1) is 9.65. The monoisotopic (exact) mass is 294 g/mol. The van der Waals surface area contributed by atoms with Crippen molar-refractivity contribution in [3.05, 3.63) is 22.5 Å². The van der Waals surface area contributed by atoms with Gasteiger partial charge in [-0.25, -0.2) is 4.98 Å². The molecular formula is C15H26N4S. The van der Waals surface area contributed by atoms with Crippen molar-refractivity contribution in [2.45, 2.75) is 40.7 Å². The molecule has 0 aliphatic heterocycles. The third-order valence-electron chi connectivity index (χ3n) is 3.63. The second-order valence-electron chi connectivity index (χ2n) is 5.25. The molecule has 2 aromatic heterocycles. The number of rotatable bonds is 8. The summed E-state index contributed by atoms with van der Waals surface area (Å²) in [5.41, 5.74) is 2.44. The van der Waals surface area contributed by atoms with Gasteiger partial charge in [-0.05, 0) is 33.4 Å². The Morgan fingerprint density at radius 2 is 2.10 bits per heavy atom. The fraction of sp³-hybridized carbons (Fsp3) is 0.667. The van der Waals surface area contributed by atoms with Gasteiger partial charge < -0.3 is 10.2 Å². The van der Waals surface area contributed by atoms with Gasteiger partial charge in [-0.15, -0.1) is 11.3 Å². The SMILES string of the molecule is CCCN(CC)CCNCc1c(C)nc2sc(C)cn12. The smallest absolute Gasteiger partial charge is 0.194 e. The number of nitrogens with one attached hydrogen (secondary N) is 1. The Balaban J connectivity index is 1.88. The third-order valence-corrected chi connectivity index (χ3v) is 4.52. The first-order valence-corrected chi connectivity index (χ1v) is 8.34. The number of thiazole rings is 1. The second-order valence-corrected chi connectivity index (χ2v) is 6.46. The number of hydrogen-bond donors (Lipinski definition) is 1. The second kappa shape index (κ2) is 7.20. The van der Waals surface area contributed by atoms with Gasteiger partial charge in [0.25, 0.3) is 0 Å². The van der Waals surface area contributed by atoms with E-state index in [9.17, 15) is 0 Å². The van der Waals surface area contributed by atoms with Crippen LogP contribution in [-0.4, -0.2) is 40.5 Å². The van der Waals surface area contributed by atoms with Crippen molar-refractivity contribution in [2.24, 2.45) is 0 Å². The predicted molar refractivity (Wildman–Crippen MR) is 86.7 cm³/mol. The summed E-state index contributed by atoms with van der Waals surface area (Å²) in [5.74, 6) is 0. The average Bonchev–Trinajstić information content (AvgIpc) is 2.89. The van der Waals surface area contributed by atoms with Crippen molar-refractivity contribution in [2.75, 3.05) is 26.2 Å². The highest BCUT2D eigenvalue weighted by atomic mass is 32.1. The molecule has 2 aromatic rings. The zero-order valence-electron chi connectivity index (χ0n) is 13.1. The number of aromatic nitrogens is 2. The zero-order valence-corrected chi connectivity index (χ0v) is 13.9. The largest absolute Gasteiger partial charge is 0.310 e. The lowest BCUT2D eigenvalue weighted by Gasteiger charge is -2.19. The first kappa shape index (κ1) is 15.5. The molecule has 0 radical (unpaired) electrons. The lowest BCUT2D eigenvalue weighted by Crippen LogP contribution is -2.32. The maximum absolute atomic E-state index is 4.62. The van der Waals surface area contributed by atoms with Gasteiger partial charge in [-0.2, -0.15) is 0 Å². The van der Waals surface area contributed by atoms with E-state index in [1.165, 1.54) is 23.5 Å². The first-order valence-electron chi connectivity index (χ1n) is 7.52. The highest BCUT2D eigenvalue weighted by Crippen LogP contribution is 2.20. The minimum absolute atomic E-state index is 0.896. The molecule has 2 rings (SSSR count). The Bertz CT molecular complexity index is 543. The van der Waals surface area contributed by atoms with Crippen molar-refractivity contribution in [1.29, 1.82) is 0 Å². The summed E-state index contributed by atoms with van der Waals surface area (Å²) in [6.45, 7) is 14.1. The zero-order chi connectivity index (χ0) is 14.5. The van der Waals surface area contributed by atoms with Crippen molar-refractivity contribution < 1.29 is 0 Å². The highest BCUT2D eigenvalue weighted by Gasteiger charge is 2.10. The Kier molecular flexibility index (Phi) is 5.57. The van der Waals surface area contributed by atoms with Gasteiger partial charge in [-0.1, -0.05) is 13.8 Å². The quantitative estimate of drug-likeness (QED) is 0.760. The number of nitrogens with zero attached hydrogens (tertiary/aromatic N) is 3. The molecule has 5 heteroatoms. The van der Waals surface area contributed by atoms with Crippen LogP contribution in [-0.2, 0) is 6.54 Å². The average molecular weight is 294 g/mol. The van der Waals surface area contributed by atoms with Crippen LogP contribution in [0.4, 0.5) is 0 Å². The molecule has 4 nitrogen and oxygen atoms in total. The van der Waals surface area contributed by atoms with Crippen molar-refractivity contribution >= 4 is 16.3 Å². The van der Waals surface area contributed by atoms with E-state index in [1.807, 2.05) is 0 Å². The van der Waals surface area contributed by atoms with E-state index in [0.29, 0.717) is 0 Å². The predicted octanol–water partition coefficient (Wildman–Crippen LogP) is 2.83. The molecular weight excluding hydrogens is 268 g/mol. The fourth-order valence-corrected chi connectivity index (χ4v) is 3.40. The Morgan fingerprint density at radius 3 is 2.80 bits per heavy atom. The van der Waals surface area contributed by atoms with Crippen LogP contribution in [0.25, 0.3) is 4.96 Å². The number of likely N-dealkylation sites (N-methyl/N-ethyl adjacent to an activating group) is 1. The van der Waals surface area contributed by atoms with Gasteiger partial charge in [0.1, 0.15) is 0 Å². The van der Waals surface area contributed by atoms with E-state index in [0.717, 1.165) is 36.8 Å². The lowest BCUT2D eigenvalue weighted by atomic mass is 10.3. The van der Waals surface area contributed by atoms with Crippen LogP contribution in [0.1, 0.15) is 36.5 Å². The summed E-state index contributed by atoms with van der Waals surface area (Å²) in [6.07, 6.45) is 3.41. The molecule has 1 N–H and O–H groups in total. The number of imidazole rings is 1. The molecule has 0 unspecified atom stereocenters. The van der Waals surface area contributed by atoms with Crippen molar-refractivity contribution in [1.82, 2.24) is 19.6 Å². The molecule has 0 aliphatic carbocycles. The van der Waals surface area contributed by atoms with E-state index < -0.39 is 0 Å². The van der Waals surface area contributed by atoms with Crippen LogP contribution in [0.5, 0.6) is 0 Å². The van der Waals surface area contributed by atoms with Crippen LogP contribution in [0.15, 0.2) is 6.20 Å².